The number of methoxy groups -OCH3 is 3. The number of hydrogen-bond donors (Lipinski definition) is 5. The van der Waals surface area contributed by atoms with Gasteiger partial charge in [0, 0.05) is 60.3 Å². The highest BCUT2D eigenvalue weighted by Gasteiger charge is 2.48. The zero-order valence-electron chi connectivity index (χ0n) is 32.0. The summed E-state index contributed by atoms with van der Waals surface area (Å²) in [6.07, 6.45) is 3.56. The lowest BCUT2D eigenvalue weighted by Gasteiger charge is -2.45. The van der Waals surface area contributed by atoms with Gasteiger partial charge >= 0.3 is 0 Å². The van der Waals surface area contributed by atoms with Gasteiger partial charge in [-0.2, -0.15) is 0 Å². The molecule has 0 spiro atoms. The van der Waals surface area contributed by atoms with E-state index < -0.39 is 30.1 Å². The number of ether oxygens (including phenoxy) is 5. The van der Waals surface area contributed by atoms with Gasteiger partial charge in [0.05, 0.1) is 33.0 Å². The van der Waals surface area contributed by atoms with Crippen molar-refractivity contribution in [3.63, 3.8) is 0 Å². The average Bonchev–Trinajstić information content (AvgIpc) is 3.17. The summed E-state index contributed by atoms with van der Waals surface area (Å²) in [5.74, 6) is 1.60. The van der Waals surface area contributed by atoms with Gasteiger partial charge in [-0.1, -0.05) is 44.4 Å². The number of phenolic OH excluding ortho intramolecular Hbond substituents is 2. The Morgan fingerprint density at radius 1 is 0.852 bits per heavy atom. The maximum Gasteiger partial charge on any atom is 0.128 e. The van der Waals surface area contributed by atoms with E-state index in [0.717, 1.165) is 53.5 Å². The molecule has 0 radical (unpaired) electrons. The van der Waals surface area contributed by atoms with Crippen molar-refractivity contribution in [2.24, 2.45) is 11.8 Å². The minimum Gasteiger partial charge on any atom is -0.508 e. The SMILES string of the molecule is CCCCC[C@H](NC)c1cc2c(cc1OC)[C@H](O)[C@H]([C@H]1COc3c(Cc4cc(O)ccc4-c4cccc(O)c4)cc(OC)cc3[C@H]1O)[C@@H](CCCOC)O2. The van der Waals surface area contributed by atoms with E-state index in [1.54, 1.807) is 57.7 Å². The maximum atomic E-state index is 12.3. The second-order valence-electron chi connectivity index (χ2n) is 14.5. The van der Waals surface area contributed by atoms with Crippen molar-refractivity contribution in [1.29, 1.82) is 0 Å². The zero-order valence-corrected chi connectivity index (χ0v) is 32.0. The molecule has 0 saturated heterocycles. The summed E-state index contributed by atoms with van der Waals surface area (Å²) in [5.41, 5.74) is 5.40. The largest absolute Gasteiger partial charge is 0.508 e. The molecule has 290 valence electrons. The molecule has 6 atom stereocenters. The van der Waals surface area contributed by atoms with E-state index >= 15 is 0 Å². The summed E-state index contributed by atoms with van der Waals surface area (Å²) in [7, 11) is 6.85. The molecule has 0 aliphatic carbocycles. The Morgan fingerprint density at radius 3 is 2.39 bits per heavy atom. The van der Waals surface area contributed by atoms with Gasteiger partial charge in [-0.15, -0.1) is 0 Å². The fraction of sp³-hybridized carbons (Fsp3) is 0.455. The summed E-state index contributed by atoms with van der Waals surface area (Å²) in [5, 5.41) is 48.7. The van der Waals surface area contributed by atoms with Crippen LogP contribution in [0.5, 0.6) is 34.5 Å². The van der Waals surface area contributed by atoms with Gasteiger partial charge in [0.1, 0.15) is 40.6 Å². The Balaban J connectivity index is 1.36. The Bertz CT molecular complexity index is 1880. The van der Waals surface area contributed by atoms with Gasteiger partial charge < -0.3 is 49.4 Å². The third-order valence-electron chi connectivity index (χ3n) is 11.1. The monoisotopic (exact) mass is 741 g/mol. The lowest BCUT2D eigenvalue weighted by Crippen LogP contribution is -2.46. The number of unbranched alkanes of at least 4 members (excludes halogenated alkanes) is 2. The first kappa shape index (κ1) is 39.2. The molecular weight excluding hydrogens is 686 g/mol. The van der Waals surface area contributed by atoms with Crippen LogP contribution in [0.4, 0.5) is 0 Å². The van der Waals surface area contributed by atoms with E-state index in [9.17, 15) is 20.4 Å². The molecule has 2 aliphatic heterocycles. The molecular formula is C44H55NO9. The van der Waals surface area contributed by atoms with Gasteiger partial charge in [0.2, 0.25) is 0 Å². The van der Waals surface area contributed by atoms with Crippen LogP contribution in [-0.2, 0) is 11.2 Å². The van der Waals surface area contributed by atoms with Gasteiger partial charge in [-0.05, 0) is 91.5 Å². The first-order valence-corrected chi connectivity index (χ1v) is 19.1. The van der Waals surface area contributed by atoms with Crippen LogP contribution in [0.3, 0.4) is 0 Å². The fourth-order valence-electron chi connectivity index (χ4n) is 8.31. The molecule has 6 rings (SSSR count). The minimum absolute atomic E-state index is 0.0622. The summed E-state index contributed by atoms with van der Waals surface area (Å²) in [4.78, 5) is 0. The second kappa shape index (κ2) is 17.8. The van der Waals surface area contributed by atoms with Crippen molar-refractivity contribution in [1.82, 2.24) is 5.32 Å². The smallest absolute Gasteiger partial charge is 0.128 e. The summed E-state index contributed by atoms with van der Waals surface area (Å²) >= 11 is 0. The van der Waals surface area contributed by atoms with Crippen molar-refractivity contribution in [3.8, 4) is 45.6 Å². The number of benzene rings is 4. The molecule has 10 nitrogen and oxygen atoms in total. The molecule has 0 aromatic heterocycles. The first-order chi connectivity index (χ1) is 26.2. The second-order valence-corrected chi connectivity index (χ2v) is 14.5. The van der Waals surface area contributed by atoms with Crippen LogP contribution in [0, 0.1) is 11.8 Å². The zero-order chi connectivity index (χ0) is 38.4. The maximum absolute atomic E-state index is 12.3. The van der Waals surface area contributed by atoms with Crippen molar-refractivity contribution in [3.05, 3.63) is 94.5 Å². The predicted octanol–water partition coefficient (Wildman–Crippen LogP) is 7.79. The lowest BCUT2D eigenvalue weighted by molar-refractivity contribution is -0.0890. The molecule has 10 heteroatoms. The summed E-state index contributed by atoms with van der Waals surface area (Å²) < 4.78 is 30.4. The molecule has 54 heavy (non-hydrogen) atoms. The number of rotatable bonds is 16. The highest BCUT2D eigenvalue weighted by Crippen LogP contribution is 2.52. The highest BCUT2D eigenvalue weighted by molar-refractivity contribution is 5.70. The third-order valence-corrected chi connectivity index (χ3v) is 11.1. The van der Waals surface area contributed by atoms with Gasteiger partial charge in [0.25, 0.3) is 0 Å². The molecule has 4 aromatic carbocycles. The lowest BCUT2D eigenvalue weighted by atomic mass is 9.72. The number of aliphatic hydroxyl groups excluding tert-OH is 2. The Morgan fingerprint density at radius 2 is 1.67 bits per heavy atom. The van der Waals surface area contributed by atoms with Gasteiger partial charge in [-0.3, -0.25) is 0 Å². The van der Waals surface area contributed by atoms with Crippen LogP contribution in [0.2, 0.25) is 0 Å². The quantitative estimate of drug-likeness (QED) is 0.0724. The van der Waals surface area contributed by atoms with Crippen LogP contribution in [0.1, 0.15) is 91.5 Å². The van der Waals surface area contributed by atoms with Crippen molar-refractivity contribution in [2.45, 2.75) is 76.2 Å². The molecule has 0 saturated carbocycles. The number of nitrogens with one attached hydrogen (secondary N) is 1. The van der Waals surface area contributed by atoms with E-state index in [-0.39, 0.29) is 24.1 Å². The molecule has 0 unspecified atom stereocenters. The topological polar surface area (TPSA) is 139 Å². The average molecular weight is 742 g/mol. The standard InChI is InChI=1S/C44H55NO9/c1-6-7-8-13-37(45-2)33-23-40-34(24-39(33)52-5)43(49)41(38(54-40)14-10-17-50-3)36-25-53-44-28(21-31(51-4)22-35(44)42(36)48)18-27-20-30(47)15-16-32(27)26-11-9-12-29(46)19-26/h9,11-12,15-16,19-24,36-38,41-43,45-49H,6-8,10,13-14,17-18,25H2,1-5H3/t36-,37+,38-,41-,42-,43+/m1/s1. The van der Waals surface area contributed by atoms with Crippen LogP contribution in [0.25, 0.3) is 11.1 Å². The van der Waals surface area contributed by atoms with Crippen molar-refractivity contribution in [2.75, 3.05) is 41.6 Å². The Kier molecular flexibility index (Phi) is 12.9. The number of aromatic hydroxyl groups is 2. The fourth-order valence-corrected chi connectivity index (χ4v) is 8.31. The van der Waals surface area contributed by atoms with Crippen LogP contribution >= 0.6 is 0 Å². The molecule has 0 bridgehead atoms. The van der Waals surface area contributed by atoms with Crippen molar-refractivity contribution >= 4 is 0 Å². The van der Waals surface area contributed by atoms with Gasteiger partial charge in [0.15, 0.2) is 0 Å². The molecule has 0 amide bonds. The van der Waals surface area contributed by atoms with E-state index in [1.807, 2.05) is 37.4 Å². The van der Waals surface area contributed by atoms with Crippen molar-refractivity contribution < 1.29 is 44.1 Å². The molecule has 5 N–H and O–H groups in total. The van der Waals surface area contributed by atoms with Crippen LogP contribution < -0.4 is 24.3 Å². The number of aliphatic hydroxyl groups is 2. The van der Waals surface area contributed by atoms with E-state index in [0.29, 0.717) is 60.0 Å². The predicted molar refractivity (Wildman–Crippen MR) is 208 cm³/mol. The Labute approximate surface area is 318 Å². The van der Waals surface area contributed by atoms with Gasteiger partial charge in [-0.25, -0.2) is 0 Å². The van der Waals surface area contributed by atoms with E-state index in [1.165, 1.54) is 0 Å². The normalized spacial score (nSPS) is 21.0. The third kappa shape index (κ3) is 8.27. The van der Waals surface area contributed by atoms with E-state index in [2.05, 4.69) is 12.2 Å². The molecule has 4 aromatic rings. The summed E-state index contributed by atoms with van der Waals surface area (Å²) in [6.45, 7) is 2.87. The minimum atomic E-state index is -1.01. The first-order valence-electron chi connectivity index (χ1n) is 19.1. The molecule has 0 fully saturated rings. The van der Waals surface area contributed by atoms with Crippen LogP contribution in [0.15, 0.2) is 66.7 Å². The Hall–Kier alpha value is -4.48. The van der Waals surface area contributed by atoms with Crippen LogP contribution in [-0.4, -0.2) is 68.1 Å². The number of hydrogen-bond acceptors (Lipinski definition) is 10. The highest BCUT2D eigenvalue weighted by atomic mass is 16.5. The number of phenols is 2. The number of fused-ring (bicyclic) bond motifs is 2. The molecule has 2 aliphatic rings. The molecule has 2 heterocycles. The summed E-state index contributed by atoms with van der Waals surface area (Å²) in [6, 6.07) is 19.8. The van der Waals surface area contributed by atoms with E-state index in [4.69, 9.17) is 23.7 Å².